The molecule has 36 nitrogen and oxygen atoms in total. The largest absolute Gasteiger partial charge is 0.492 e. The number of unbranched alkanes of at least 4 members (excludes halogenated alkanes) is 1. The monoisotopic (exact) mass is 1800 g/mol. The van der Waals surface area contributed by atoms with Crippen molar-refractivity contribution < 1.29 is 101 Å². The number of H-pyrrole nitrogens is 1. The van der Waals surface area contributed by atoms with Crippen molar-refractivity contribution in [2.45, 2.75) is 235 Å². The lowest BCUT2D eigenvalue weighted by molar-refractivity contribution is -0.141. The fourth-order valence-electron chi connectivity index (χ4n) is 15.2. The molecule has 0 aliphatic carbocycles. The number of primary amides is 5. The molecule has 12 atom stereocenters. The second-order valence-electron chi connectivity index (χ2n) is 33.1. The van der Waals surface area contributed by atoms with Gasteiger partial charge in [0.1, 0.15) is 36.0 Å². The van der Waals surface area contributed by atoms with E-state index in [0.29, 0.717) is 39.8 Å². The minimum Gasteiger partial charge on any atom is -0.492 e. The van der Waals surface area contributed by atoms with Crippen LogP contribution in [0.1, 0.15) is 175 Å². The van der Waals surface area contributed by atoms with Crippen LogP contribution in [0.5, 0.6) is 5.75 Å². The van der Waals surface area contributed by atoms with E-state index >= 15 is 28.8 Å². The molecule has 127 heavy (non-hydrogen) atoms. The number of fused-ring (bicyclic) bond motifs is 2. The highest BCUT2D eigenvalue weighted by Gasteiger charge is 2.48. The number of ether oxygens (including phenoxy) is 2. The molecule has 4 aromatic carbocycles. The zero-order valence-electron chi connectivity index (χ0n) is 73.3. The van der Waals surface area contributed by atoms with E-state index in [1.165, 1.54) is 6.92 Å². The molecule has 7 rings (SSSR count). The number of aliphatic hydroxyl groups excluding tert-OH is 1. The van der Waals surface area contributed by atoms with Gasteiger partial charge in [-0.25, -0.2) is 0 Å². The van der Waals surface area contributed by atoms with Gasteiger partial charge in [-0.2, -0.15) is 0 Å². The molecule has 3 heterocycles. The quantitative estimate of drug-likeness (QED) is 0.0197. The summed E-state index contributed by atoms with van der Waals surface area (Å²) in [4.78, 5) is 258. The number of nitrogens with two attached hydrogens (primary N) is 6. The molecule has 22 N–H and O–H groups in total. The van der Waals surface area contributed by atoms with E-state index in [9.17, 15) is 62.6 Å². The maximum absolute atomic E-state index is 16.3. The average molecular weight is 1800 g/mol. The number of rotatable bonds is 41. The smallest absolute Gasteiger partial charge is 0.245 e. The maximum Gasteiger partial charge on any atom is 0.245 e. The molecule has 692 valence electrons. The lowest BCUT2D eigenvalue weighted by Crippen LogP contribution is -2.60. The number of hydrogen-bond acceptors (Lipinski definition) is 24. The van der Waals surface area contributed by atoms with Crippen molar-refractivity contribution in [1.82, 2.24) is 47.5 Å². The maximum atomic E-state index is 16.3. The van der Waals surface area contributed by atoms with E-state index in [2.05, 4.69) is 47.5 Å². The normalized spacial score (nSPS) is 20.1. The number of aromatic amines is 1. The number of para-hydroxylation sites is 1. The third-order valence-electron chi connectivity index (χ3n) is 22.2. The van der Waals surface area contributed by atoms with E-state index in [1.54, 1.807) is 94.6 Å². The highest BCUT2D eigenvalue weighted by Crippen LogP contribution is 2.50. The minimum absolute atomic E-state index is 0.0744. The number of carbonyl (C=O) groups is 18. The van der Waals surface area contributed by atoms with E-state index in [1.807, 2.05) is 44.2 Å². The number of benzene rings is 4. The summed E-state index contributed by atoms with van der Waals surface area (Å²) >= 11 is 0. The number of hydrogen-bond donors (Lipinski definition) is 16. The molecule has 38 heteroatoms. The molecule has 2 aliphatic rings. The Kier molecular flexibility index (Phi) is 40.7. The van der Waals surface area contributed by atoms with Gasteiger partial charge in [-0.1, -0.05) is 115 Å². The number of ketones is 5. The molecule has 0 bridgehead atoms. The van der Waals surface area contributed by atoms with E-state index in [0.717, 1.165) is 46.2 Å². The fraction of sp³-hybridized carbons (Fsp3) is 0.528. The zero-order chi connectivity index (χ0) is 94.2. The van der Waals surface area contributed by atoms with E-state index in [4.69, 9.17) is 43.9 Å². The third-order valence-corrected chi connectivity index (χ3v) is 26.5. The summed E-state index contributed by atoms with van der Waals surface area (Å²) < 4.78 is 8.55. The number of aromatic nitrogens is 1. The lowest BCUT2D eigenvalue weighted by Gasteiger charge is -2.39. The van der Waals surface area contributed by atoms with Crippen LogP contribution in [0.4, 0.5) is 0 Å². The minimum atomic E-state index is -1.89. The summed E-state index contributed by atoms with van der Waals surface area (Å²) in [6, 6.07) is 16.0. The molecule has 5 aromatic rings. The SMILES string of the molecule is CC.CC(=O)NCCCCC(CC(=O)C1(NC(=O)C(CC(=O)C(Cc2ccc(OCCN)cc2)NC(=O)C2CC(=O)C(CCC(N)=O)NC(=O)C(Cc3c[nH]c4ccccc34)NC(=O)C(C(C)O)NC(=O)C(CC(N)=O)CC(=O)C(NC(C)=O)C(C)(C)SSC2(C)C)Cc2ccc3ccccc3c2)CCOCC1)C(=O)NC(CC(N)=O)C(=O)CC(CC(N)=O)C(N)=O. The van der Waals surface area contributed by atoms with Gasteiger partial charge in [-0.15, -0.1) is 0 Å². The summed E-state index contributed by atoms with van der Waals surface area (Å²) in [6.07, 6.45) is -7.78. The zero-order valence-corrected chi connectivity index (χ0v) is 75.0. The van der Waals surface area contributed by atoms with Gasteiger partial charge in [-0.05, 0) is 112 Å². The summed E-state index contributed by atoms with van der Waals surface area (Å²) in [5, 5.41) is 34.9. The Labute approximate surface area is 745 Å². The Morgan fingerprint density at radius 3 is 1.86 bits per heavy atom. The number of carbonyl (C=O) groups excluding carboxylic acids is 18. The van der Waals surface area contributed by atoms with Crippen LogP contribution in [0.2, 0.25) is 0 Å². The van der Waals surface area contributed by atoms with Crippen molar-refractivity contribution in [1.29, 1.82) is 0 Å². The van der Waals surface area contributed by atoms with Crippen molar-refractivity contribution in [3.63, 3.8) is 0 Å². The Morgan fingerprint density at radius 2 is 1.24 bits per heavy atom. The molecular weight excluding hydrogens is 1680 g/mol. The van der Waals surface area contributed by atoms with Crippen LogP contribution in [-0.2, 0) is 110 Å². The van der Waals surface area contributed by atoms with Crippen LogP contribution in [0.25, 0.3) is 21.7 Å². The highest BCUT2D eigenvalue weighted by atomic mass is 33.1. The standard InChI is InChI=1S/C87H117N15O21S2.C2H6/c1-47(103)76-84(121)100-66(37-58-46-95-62-18-11-10-17-60(58)62)83(120)97-63(25-26-72(89)111)69(108)44-61(85(4,5)124-125-86(6,7)77(96-49(3)105)70(109)40-57(43-74(91)113)80(117)101-76)82(119)99-64(36-50-20-23-59(24-21-50)123-33-29-88)68(107)39-56(35-51-19-22-52-14-8-9-15-53(52)34-51)81(118)102-87(27-31-122-32-28-87)71(110)41-54(16-12-13-30-94-48(2)104)79(116)98-65(45-75(92)114)67(106)38-55(78(93)115)42-73(90)112;1-2/h8-11,14-15,17-24,34,46-47,54-57,61,63-66,76-77,95,103H,12-13,16,25-33,35-45,88H2,1-7H3,(H2,89,111)(H2,90,112)(H2,91,113)(H2,92,114)(H2,93,115)(H,94,104)(H,96,105)(H,97,120)(H,98,116)(H,99,119)(H,100,121)(H,101,117)(H,102,118);1-2H3. The molecular formula is C89H123N15O21S2. The molecule has 0 saturated carbocycles. The number of Topliss-reactive ketones (excluding diaryl/α,β-unsaturated/α-hetero) is 5. The van der Waals surface area contributed by atoms with Crippen molar-refractivity contribution in [2.24, 2.45) is 64.0 Å². The first-order chi connectivity index (χ1) is 60.0. The van der Waals surface area contributed by atoms with Crippen molar-refractivity contribution in [2.75, 3.05) is 32.9 Å². The fourth-order valence-corrected chi connectivity index (χ4v) is 18.2. The molecule has 12 unspecified atom stereocenters. The predicted molar refractivity (Wildman–Crippen MR) is 476 cm³/mol. The van der Waals surface area contributed by atoms with Crippen molar-refractivity contribution in [3.05, 3.63) is 114 Å². The highest BCUT2D eigenvalue weighted by molar-refractivity contribution is 8.77. The molecule has 2 aliphatic heterocycles. The second-order valence-corrected chi connectivity index (χ2v) is 36.6. The number of amides is 13. The van der Waals surface area contributed by atoms with Crippen molar-refractivity contribution >= 4 is 149 Å². The van der Waals surface area contributed by atoms with Crippen LogP contribution in [-0.4, -0.2) is 206 Å². The van der Waals surface area contributed by atoms with Crippen LogP contribution < -0.4 is 81.7 Å². The van der Waals surface area contributed by atoms with Gasteiger partial charge < -0.3 is 96.5 Å². The van der Waals surface area contributed by atoms with Crippen LogP contribution in [0, 0.1) is 29.6 Å². The van der Waals surface area contributed by atoms with Gasteiger partial charge in [0.05, 0.1) is 48.4 Å². The predicted octanol–water partition coefficient (Wildman–Crippen LogP) is 2.20. The summed E-state index contributed by atoms with van der Waals surface area (Å²) in [5.41, 5.74) is 33.8. The summed E-state index contributed by atoms with van der Waals surface area (Å²) in [7, 11) is 1.93. The number of nitrogens with one attached hydrogen (secondary N) is 9. The van der Waals surface area contributed by atoms with Crippen LogP contribution >= 0.6 is 21.6 Å². The summed E-state index contributed by atoms with van der Waals surface area (Å²) in [6.45, 7) is 14.1. The van der Waals surface area contributed by atoms with Gasteiger partial charge in [0.25, 0.3) is 0 Å². The first kappa shape index (κ1) is 104. The van der Waals surface area contributed by atoms with E-state index in [-0.39, 0.29) is 83.8 Å². The first-order valence-corrected chi connectivity index (χ1v) is 44.6. The topological polar surface area (TPSA) is 614 Å². The number of aliphatic hydroxyl groups is 1. The Bertz CT molecular complexity index is 4780. The second kappa shape index (κ2) is 49.6. The Hall–Kier alpha value is -11.5. The third kappa shape index (κ3) is 32.4. The van der Waals surface area contributed by atoms with Gasteiger partial charge in [0, 0.05) is 149 Å². The molecule has 2 saturated heterocycles. The summed E-state index contributed by atoms with van der Waals surface area (Å²) in [5.74, 6) is -23.2. The van der Waals surface area contributed by atoms with E-state index < -0.39 is 251 Å². The average Bonchev–Trinajstić information content (AvgIpc) is 1.15. The van der Waals surface area contributed by atoms with Gasteiger partial charge >= 0.3 is 0 Å². The Balaban J connectivity index is 0.0000124. The Morgan fingerprint density at radius 1 is 0.614 bits per heavy atom. The molecule has 2 fully saturated rings. The van der Waals surface area contributed by atoms with Gasteiger partial charge in [0.2, 0.25) is 76.8 Å². The molecule has 0 radical (unpaired) electrons. The van der Waals surface area contributed by atoms with Crippen LogP contribution in [0.15, 0.2) is 97.2 Å². The van der Waals surface area contributed by atoms with Gasteiger partial charge in [0.15, 0.2) is 28.9 Å². The lowest BCUT2D eigenvalue weighted by atomic mass is 9.79. The molecule has 0 spiro atoms. The first-order valence-electron chi connectivity index (χ1n) is 42.5. The molecule has 13 amide bonds. The van der Waals surface area contributed by atoms with Crippen LogP contribution in [0.3, 0.4) is 0 Å². The van der Waals surface area contributed by atoms with Crippen molar-refractivity contribution in [3.8, 4) is 5.75 Å². The molecule has 1 aromatic heterocycles. The van der Waals surface area contributed by atoms with Gasteiger partial charge in [-0.3, -0.25) is 86.3 Å².